The highest BCUT2D eigenvalue weighted by Gasteiger charge is 2.35. The van der Waals surface area contributed by atoms with Gasteiger partial charge in [0.25, 0.3) is 5.91 Å². The maximum absolute atomic E-state index is 12.2. The Morgan fingerprint density at radius 2 is 2.00 bits per heavy atom. The zero-order chi connectivity index (χ0) is 13.3. The molecular weight excluding hydrogens is 246 g/mol. The number of hydrogen-bond acceptors (Lipinski definition) is 3. The molecule has 0 aliphatic carbocycles. The lowest BCUT2D eigenvalue weighted by Gasteiger charge is -2.28. The summed E-state index contributed by atoms with van der Waals surface area (Å²) >= 11 is 1.56. The van der Waals surface area contributed by atoms with E-state index in [4.69, 9.17) is 0 Å². The Morgan fingerprint density at radius 1 is 1.39 bits per heavy atom. The summed E-state index contributed by atoms with van der Waals surface area (Å²) in [5.74, 6) is 0.511. The topological polar surface area (TPSA) is 40.5 Å². The lowest BCUT2D eigenvalue weighted by Crippen LogP contribution is -2.42. The molecule has 2 rings (SSSR count). The quantitative estimate of drug-likeness (QED) is 0.905. The van der Waals surface area contributed by atoms with Gasteiger partial charge in [-0.2, -0.15) is 11.8 Å². The van der Waals surface area contributed by atoms with Crippen LogP contribution in [0.1, 0.15) is 22.8 Å². The van der Waals surface area contributed by atoms with Crippen molar-refractivity contribution in [1.29, 1.82) is 0 Å². The van der Waals surface area contributed by atoms with Crippen LogP contribution in [-0.4, -0.2) is 40.1 Å². The zero-order valence-electron chi connectivity index (χ0n) is 10.6. The molecule has 0 saturated heterocycles. The van der Waals surface area contributed by atoms with E-state index in [1.165, 1.54) is 0 Å². The highest BCUT2D eigenvalue weighted by atomic mass is 32.2. The van der Waals surface area contributed by atoms with Crippen molar-refractivity contribution in [2.75, 3.05) is 18.6 Å². The second kappa shape index (κ2) is 4.78. The summed E-state index contributed by atoms with van der Waals surface area (Å²) in [5.41, 5.74) is 1.31. The molecular formula is C14H17NO2S. The molecule has 96 valence electrons. The second-order valence-corrected chi connectivity index (χ2v) is 5.68. The van der Waals surface area contributed by atoms with E-state index in [-0.39, 0.29) is 12.5 Å². The molecule has 1 atom stereocenters. The monoisotopic (exact) mass is 263 g/mol. The summed E-state index contributed by atoms with van der Waals surface area (Å²) in [5, 5.41) is 10.2. The fourth-order valence-corrected chi connectivity index (χ4v) is 2.91. The van der Waals surface area contributed by atoms with Crippen LogP contribution in [0.3, 0.4) is 0 Å². The van der Waals surface area contributed by atoms with Crippen LogP contribution in [-0.2, 0) is 0 Å². The first kappa shape index (κ1) is 13.2. The average Bonchev–Trinajstić information content (AvgIpc) is 2.55. The van der Waals surface area contributed by atoms with Crippen molar-refractivity contribution in [3.8, 4) is 0 Å². The predicted octanol–water partition coefficient (Wildman–Crippen LogP) is 2.23. The van der Waals surface area contributed by atoms with E-state index in [2.05, 4.69) is 6.58 Å². The number of carbonyl (C=O) groups excluding carboxylic acids is 1. The van der Waals surface area contributed by atoms with Crippen LogP contribution in [0.4, 0.5) is 0 Å². The molecule has 1 aliphatic heterocycles. The van der Waals surface area contributed by atoms with Crippen molar-refractivity contribution in [1.82, 2.24) is 4.90 Å². The normalized spacial score (nSPS) is 17.8. The fourth-order valence-electron chi connectivity index (χ4n) is 2.20. The van der Waals surface area contributed by atoms with Crippen molar-refractivity contribution in [3.63, 3.8) is 0 Å². The van der Waals surface area contributed by atoms with Crippen LogP contribution in [0.5, 0.6) is 0 Å². The van der Waals surface area contributed by atoms with Gasteiger partial charge in [-0.25, -0.2) is 0 Å². The third kappa shape index (κ3) is 2.31. The highest BCUT2D eigenvalue weighted by Crippen LogP contribution is 2.32. The molecule has 1 unspecified atom stereocenters. The van der Waals surface area contributed by atoms with E-state index < -0.39 is 5.60 Å². The Kier molecular flexibility index (Phi) is 3.50. The molecule has 3 nitrogen and oxygen atoms in total. The Labute approximate surface area is 111 Å². The second-order valence-electron chi connectivity index (χ2n) is 4.81. The number of carbonyl (C=O) groups is 1. The van der Waals surface area contributed by atoms with Gasteiger partial charge in [-0.1, -0.05) is 24.8 Å². The van der Waals surface area contributed by atoms with Crippen LogP contribution < -0.4 is 0 Å². The Balaban J connectivity index is 2.24. The third-order valence-electron chi connectivity index (χ3n) is 2.99. The first-order chi connectivity index (χ1) is 8.46. The van der Waals surface area contributed by atoms with Gasteiger partial charge in [0, 0.05) is 22.6 Å². The van der Waals surface area contributed by atoms with Gasteiger partial charge in [0.15, 0.2) is 0 Å². The smallest absolute Gasteiger partial charge is 0.259 e. The van der Waals surface area contributed by atoms with E-state index in [0.717, 1.165) is 5.56 Å². The average molecular weight is 263 g/mol. The lowest BCUT2D eigenvalue weighted by atomic mass is 10.1. The van der Waals surface area contributed by atoms with Crippen molar-refractivity contribution in [2.24, 2.45) is 0 Å². The molecule has 0 bridgehead atoms. The van der Waals surface area contributed by atoms with Crippen LogP contribution >= 0.6 is 11.8 Å². The summed E-state index contributed by atoms with van der Waals surface area (Å²) < 4.78 is 0. The molecule has 0 fully saturated rings. The minimum atomic E-state index is -0.903. The van der Waals surface area contributed by atoms with Gasteiger partial charge >= 0.3 is 0 Å². The predicted molar refractivity (Wildman–Crippen MR) is 75.5 cm³/mol. The summed E-state index contributed by atoms with van der Waals surface area (Å²) in [4.78, 5) is 13.8. The van der Waals surface area contributed by atoms with Gasteiger partial charge in [0.1, 0.15) is 0 Å². The first-order valence-corrected chi connectivity index (χ1v) is 7.17. The summed E-state index contributed by atoms with van der Waals surface area (Å²) in [7, 11) is 0. The molecule has 4 heteroatoms. The van der Waals surface area contributed by atoms with Crippen LogP contribution in [0.2, 0.25) is 0 Å². The minimum absolute atomic E-state index is 0.0722. The number of hydrogen-bond donors (Lipinski definition) is 1. The number of amides is 1. The van der Waals surface area contributed by atoms with Gasteiger partial charge in [-0.05, 0) is 19.2 Å². The molecule has 1 aromatic rings. The van der Waals surface area contributed by atoms with Crippen molar-refractivity contribution in [2.45, 2.75) is 12.5 Å². The van der Waals surface area contributed by atoms with E-state index >= 15 is 0 Å². The molecule has 1 amide bonds. The zero-order valence-corrected chi connectivity index (χ0v) is 11.5. The number of thioether (sulfide) groups is 1. The van der Waals surface area contributed by atoms with Gasteiger partial charge in [-0.15, -0.1) is 0 Å². The van der Waals surface area contributed by atoms with Crippen molar-refractivity contribution in [3.05, 3.63) is 42.0 Å². The Bertz CT molecular complexity index is 461. The summed E-state index contributed by atoms with van der Waals surface area (Å²) in [6.45, 7) is 5.98. The molecule has 1 heterocycles. The van der Waals surface area contributed by atoms with Gasteiger partial charge in [0.2, 0.25) is 0 Å². The summed E-state index contributed by atoms with van der Waals surface area (Å²) in [6, 6.07) is 7.42. The van der Waals surface area contributed by atoms with E-state index in [9.17, 15) is 9.90 Å². The van der Waals surface area contributed by atoms with Crippen molar-refractivity contribution < 1.29 is 9.90 Å². The largest absolute Gasteiger partial charge is 0.387 e. The maximum atomic E-state index is 12.2. The SMILES string of the molecule is C=C1c2ccccc2C(=O)N1CC(C)(O)CSC. The number of fused-ring (bicyclic) bond motifs is 1. The number of β-amino-alcohol motifs (C(OH)–C–C–N with tert-alkyl or cyclic N) is 1. The number of rotatable bonds is 4. The summed E-state index contributed by atoms with van der Waals surface area (Å²) in [6.07, 6.45) is 1.93. The standard InChI is InChI=1S/C14H17NO2S/c1-10-11-6-4-5-7-12(11)13(16)15(10)8-14(2,17)9-18-3/h4-7,17H,1,8-9H2,2-3H3. The Morgan fingerprint density at radius 3 is 2.56 bits per heavy atom. The van der Waals surface area contributed by atoms with E-state index in [1.54, 1.807) is 29.7 Å². The van der Waals surface area contributed by atoms with Gasteiger partial charge < -0.3 is 10.0 Å². The van der Waals surface area contributed by atoms with E-state index in [0.29, 0.717) is 17.0 Å². The molecule has 1 aromatic carbocycles. The molecule has 18 heavy (non-hydrogen) atoms. The molecule has 1 N–H and O–H groups in total. The first-order valence-electron chi connectivity index (χ1n) is 5.78. The van der Waals surface area contributed by atoms with Crippen molar-refractivity contribution >= 4 is 23.4 Å². The highest BCUT2D eigenvalue weighted by molar-refractivity contribution is 7.98. The number of benzene rings is 1. The minimum Gasteiger partial charge on any atom is -0.387 e. The molecule has 0 spiro atoms. The van der Waals surface area contributed by atoms with Gasteiger partial charge in [-0.3, -0.25) is 4.79 Å². The Hall–Kier alpha value is -1.26. The fraction of sp³-hybridized carbons (Fsp3) is 0.357. The molecule has 1 aliphatic rings. The number of aliphatic hydroxyl groups is 1. The third-order valence-corrected chi connectivity index (χ3v) is 3.90. The molecule has 0 saturated carbocycles. The van der Waals surface area contributed by atoms with Crippen LogP contribution in [0, 0.1) is 0 Å². The van der Waals surface area contributed by atoms with E-state index in [1.807, 2.05) is 24.5 Å². The lowest BCUT2D eigenvalue weighted by molar-refractivity contribution is 0.0488. The molecule has 0 aromatic heterocycles. The molecule has 0 radical (unpaired) electrons. The van der Waals surface area contributed by atoms with Crippen LogP contribution in [0.15, 0.2) is 30.8 Å². The maximum Gasteiger partial charge on any atom is 0.259 e. The van der Waals surface area contributed by atoms with Crippen LogP contribution in [0.25, 0.3) is 5.70 Å². The number of nitrogens with zero attached hydrogens (tertiary/aromatic N) is 1. The van der Waals surface area contributed by atoms with Gasteiger partial charge in [0.05, 0.1) is 12.1 Å².